The zero-order valence-electron chi connectivity index (χ0n) is 15.0. The first-order valence-electron chi connectivity index (χ1n) is 9.26. The van der Waals surface area contributed by atoms with Gasteiger partial charge in [-0.1, -0.05) is 30.3 Å². The number of halogens is 3. The summed E-state index contributed by atoms with van der Waals surface area (Å²) in [6.07, 6.45) is -4.39. The fourth-order valence-corrected chi connectivity index (χ4v) is 5.08. The number of fused-ring (bicyclic) bond motifs is 5. The van der Waals surface area contributed by atoms with E-state index in [1.165, 1.54) is 19.2 Å². The molecule has 7 heteroatoms. The van der Waals surface area contributed by atoms with Crippen LogP contribution in [-0.2, 0) is 15.7 Å². The lowest BCUT2D eigenvalue weighted by Crippen LogP contribution is -2.38. The van der Waals surface area contributed by atoms with Gasteiger partial charge in [0, 0.05) is 23.7 Å². The molecule has 0 spiro atoms. The molecule has 0 bridgehead atoms. The molecule has 1 saturated carbocycles. The maximum absolute atomic E-state index is 13.2. The van der Waals surface area contributed by atoms with Gasteiger partial charge in [-0.3, -0.25) is 4.79 Å². The quantitative estimate of drug-likeness (QED) is 0.766. The third-order valence-corrected chi connectivity index (χ3v) is 6.32. The molecule has 146 valence electrons. The minimum absolute atomic E-state index is 0.0347. The van der Waals surface area contributed by atoms with Crippen LogP contribution in [-0.4, -0.2) is 19.1 Å². The molecule has 2 aromatic rings. The highest BCUT2D eigenvalue weighted by atomic mass is 19.4. The van der Waals surface area contributed by atoms with Gasteiger partial charge >= 0.3 is 12.1 Å². The molecule has 0 amide bonds. The molecular formula is C21H19F3N2O2. The molecule has 0 radical (unpaired) electrons. The van der Waals surface area contributed by atoms with Crippen molar-refractivity contribution in [3.63, 3.8) is 0 Å². The number of hydrogen-bond acceptors (Lipinski definition) is 4. The molecule has 5 rings (SSSR count). The summed E-state index contributed by atoms with van der Waals surface area (Å²) in [5.41, 5.74) is 1.72. The predicted octanol–water partition coefficient (Wildman–Crippen LogP) is 3.92. The Morgan fingerprint density at radius 2 is 1.79 bits per heavy atom. The van der Waals surface area contributed by atoms with Crippen LogP contribution in [0.4, 0.5) is 18.9 Å². The van der Waals surface area contributed by atoms with Crippen LogP contribution in [0.25, 0.3) is 0 Å². The number of carbonyl (C=O) groups is 1. The second-order valence-corrected chi connectivity index (χ2v) is 7.71. The van der Waals surface area contributed by atoms with Gasteiger partial charge in [-0.25, -0.2) is 0 Å². The Hall–Kier alpha value is -2.54. The standard InChI is InChI=1S/C21H19F3N2O2/c1-28-20(27)16-14-15-17(10-5-3-2-4-6-10)25-13-8-7-11(21(22,23)24)9-12(13)18(15)26-19(14)16/h2-9,14-19,25-26H,1H3. The van der Waals surface area contributed by atoms with Crippen LogP contribution < -0.4 is 10.6 Å². The van der Waals surface area contributed by atoms with Gasteiger partial charge in [0.15, 0.2) is 0 Å². The van der Waals surface area contributed by atoms with E-state index in [0.29, 0.717) is 11.3 Å². The summed E-state index contributed by atoms with van der Waals surface area (Å²) in [6.45, 7) is 0. The molecule has 4 nitrogen and oxygen atoms in total. The van der Waals surface area contributed by atoms with Crippen molar-refractivity contribution in [3.05, 3.63) is 65.2 Å². The lowest BCUT2D eigenvalue weighted by molar-refractivity contribution is -0.143. The number of carbonyl (C=O) groups excluding carboxylic acids is 1. The molecule has 1 saturated heterocycles. The van der Waals surface area contributed by atoms with Gasteiger partial charge in [-0.05, 0) is 35.2 Å². The summed E-state index contributed by atoms with van der Waals surface area (Å²) >= 11 is 0. The SMILES string of the molecule is COC(=O)C1C2NC3c4cc(C(F)(F)F)ccc4NC(c4ccccc4)C3C21. The summed E-state index contributed by atoms with van der Waals surface area (Å²) in [6, 6.07) is 13.3. The fraction of sp³-hybridized carbons (Fsp3) is 0.381. The van der Waals surface area contributed by atoms with Crippen molar-refractivity contribution in [2.75, 3.05) is 12.4 Å². The van der Waals surface area contributed by atoms with Gasteiger partial charge in [0.25, 0.3) is 0 Å². The van der Waals surface area contributed by atoms with Crippen molar-refractivity contribution in [3.8, 4) is 0 Å². The first-order valence-corrected chi connectivity index (χ1v) is 9.26. The molecule has 2 heterocycles. The summed E-state index contributed by atoms with van der Waals surface area (Å²) in [5, 5.41) is 6.86. The van der Waals surface area contributed by atoms with Crippen molar-refractivity contribution in [2.24, 2.45) is 17.8 Å². The van der Waals surface area contributed by atoms with E-state index in [2.05, 4.69) is 10.6 Å². The van der Waals surface area contributed by atoms with Crippen molar-refractivity contribution >= 4 is 11.7 Å². The molecule has 6 atom stereocenters. The van der Waals surface area contributed by atoms with E-state index in [4.69, 9.17) is 4.74 Å². The second kappa shape index (κ2) is 5.98. The number of nitrogens with one attached hydrogen (secondary N) is 2. The number of esters is 1. The summed E-state index contributed by atoms with van der Waals surface area (Å²) in [5.74, 6) is -0.500. The molecule has 2 N–H and O–H groups in total. The molecule has 28 heavy (non-hydrogen) atoms. The number of alkyl halides is 3. The Morgan fingerprint density at radius 1 is 1.04 bits per heavy atom. The minimum Gasteiger partial charge on any atom is -0.469 e. The number of hydrogen-bond donors (Lipinski definition) is 2. The summed E-state index contributed by atoms with van der Waals surface area (Å²) < 4.78 is 44.6. The van der Waals surface area contributed by atoms with E-state index in [0.717, 1.165) is 11.6 Å². The Morgan fingerprint density at radius 3 is 2.46 bits per heavy atom. The Balaban J connectivity index is 1.57. The molecule has 6 unspecified atom stereocenters. The van der Waals surface area contributed by atoms with Gasteiger partial charge in [0.2, 0.25) is 0 Å². The molecule has 0 aromatic heterocycles. The van der Waals surface area contributed by atoms with Crippen LogP contribution in [0.2, 0.25) is 0 Å². The molecule has 3 aliphatic rings. The molecular weight excluding hydrogens is 369 g/mol. The van der Waals surface area contributed by atoms with Crippen molar-refractivity contribution < 1.29 is 22.7 Å². The normalized spacial score (nSPS) is 32.6. The van der Waals surface area contributed by atoms with Gasteiger partial charge in [-0.2, -0.15) is 13.2 Å². The van der Waals surface area contributed by atoms with E-state index in [1.807, 2.05) is 30.3 Å². The predicted molar refractivity (Wildman–Crippen MR) is 96.4 cm³/mol. The number of benzene rings is 2. The number of piperidine rings is 1. The molecule has 2 aliphatic heterocycles. The lowest BCUT2D eigenvalue weighted by Gasteiger charge is -2.39. The first kappa shape index (κ1) is 17.6. The number of methoxy groups -OCH3 is 1. The number of anilines is 1. The first-order chi connectivity index (χ1) is 13.4. The maximum Gasteiger partial charge on any atom is 0.416 e. The largest absolute Gasteiger partial charge is 0.469 e. The highest BCUT2D eigenvalue weighted by Gasteiger charge is 2.68. The van der Waals surface area contributed by atoms with Crippen molar-refractivity contribution in [1.29, 1.82) is 0 Å². The van der Waals surface area contributed by atoms with Crippen LogP contribution in [0.15, 0.2) is 48.5 Å². The minimum atomic E-state index is -4.39. The van der Waals surface area contributed by atoms with E-state index < -0.39 is 11.7 Å². The van der Waals surface area contributed by atoms with Crippen molar-refractivity contribution in [1.82, 2.24) is 5.32 Å². The summed E-state index contributed by atoms with van der Waals surface area (Å²) in [7, 11) is 1.37. The Labute approximate surface area is 160 Å². The van der Waals surface area contributed by atoms with Gasteiger partial charge < -0.3 is 15.4 Å². The van der Waals surface area contributed by atoms with Crippen LogP contribution in [0.1, 0.15) is 28.8 Å². The molecule has 2 aromatic carbocycles. The van der Waals surface area contributed by atoms with Crippen LogP contribution in [0.5, 0.6) is 0 Å². The third-order valence-electron chi connectivity index (χ3n) is 6.32. The van der Waals surface area contributed by atoms with Crippen LogP contribution in [0, 0.1) is 17.8 Å². The van der Waals surface area contributed by atoms with E-state index in [-0.39, 0.29) is 41.8 Å². The highest BCUT2D eigenvalue weighted by molar-refractivity contribution is 5.78. The van der Waals surface area contributed by atoms with Gasteiger partial charge in [0.05, 0.1) is 24.6 Å². The van der Waals surface area contributed by atoms with Crippen LogP contribution >= 0.6 is 0 Å². The van der Waals surface area contributed by atoms with Gasteiger partial charge in [0.1, 0.15) is 0 Å². The lowest BCUT2D eigenvalue weighted by atomic mass is 9.77. The Bertz CT molecular complexity index is 931. The average molecular weight is 388 g/mol. The maximum atomic E-state index is 13.2. The van der Waals surface area contributed by atoms with Gasteiger partial charge in [-0.15, -0.1) is 0 Å². The average Bonchev–Trinajstić information content (AvgIpc) is 3.26. The zero-order valence-corrected chi connectivity index (χ0v) is 15.0. The smallest absolute Gasteiger partial charge is 0.416 e. The monoisotopic (exact) mass is 388 g/mol. The second-order valence-electron chi connectivity index (χ2n) is 7.71. The highest BCUT2D eigenvalue weighted by Crippen LogP contribution is 2.62. The van der Waals surface area contributed by atoms with E-state index in [9.17, 15) is 18.0 Å². The van der Waals surface area contributed by atoms with Crippen LogP contribution in [0.3, 0.4) is 0 Å². The fourth-order valence-electron chi connectivity index (χ4n) is 5.08. The molecule has 1 aliphatic carbocycles. The van der Waals surface area contributed by atoms with E-state index >= 15 is 0 Å². The topological polar surface area (TPSA) is 50.4 Å². The number of rotatable bonds is 2. The Kier molecular flexibility index (Phi) is 3.75. The number of ether oxygens (including phenoxy) is 1. The van der Waals surface area contributed by atoms with Crippen molar-refractivity contribution in [2.45, 2.75) is 24.3 Å². The van der Waals surface area contributed by atoms with E-state index in [1.54, 1.807) is 0 Å². The molecule has 2 fully saturated rings. The zero-order chi connectivity index (χ0) is 19.6. The third kappa shape index (κ3) is 2.53. The summed E-state index contributed by atoms with van der Waals surface area (Å²) in [4.78, 5) is 12.1.